The third-order valence-electron chi connectivity index (χ3n) is 7.80. The minimum absolute atomic E-state index is 0.00617. The summed E-state index contributed by atoms with van der Waals surface area (Å²) in [6.45, 7) is 8.23. The predicted molar refractivity (Wildman–Crippen MR) is 166 cm³/mol. The first-order valence-electron chi connectivity index (χ1n) is 14.3. The highest BCUT2D eigenvalue weighted by atomic mass is 79.9. The third kappa shape index (κ3) is 5.29. The molecular formula is C33H36Br2O6. The van der Waals surface area contributed by atoms with Crippen molar-refractivity contribution in [3.05, 3.63) is 89.3 Å². The second-order valence-corrected chi connectivity index (χ2v) is 12.3. The first-order valence-corrected chi connectivity index (χ1v) is 15.8. The van der Waals surface area contributed by atoms with Crippen molar-refractivity contribution in [3.8, 4) is 11.5 Å². The Kier molecular flexibility index (Phi) is 9.54. The number of hydrogen-bond acceptors (Lipinski definition) is 5. The number of aromatic hydroxyl groups is 2. The van der Waals surface area contributed by atoms with Crippen molar-refractivity contribution in [1.82, 2.24) is 0 Å². The zero-order valence-corrected chi connectivity index (χ0v) is 27.0. The molecule has 1 aliphatic rings. The van der Waals surface area contributed by atoms with E-state index >= 15 is 0 Å². The summed E-state index contributed by atoms with van der Waals surface area (Å²) >= 11 is 7.47. The topological polar surface area (TPSA) is 104 Å². The highest BCUT2D eigenvalue weighted by molar-refractivity contribution is 9.10. The average Bonchev–Trinajstić information content (AvgIpc) is 3.24. The summed E-state index contributed by atoms with van der Waals surface area (Å²) in [4.78, 5) is 25.3. The van der Waals surface area contributed by atoms with E-state index in [2.05, 4.69) is 45.7 Å². The van der Waals surface area contributed by atoms with Crippen LogP contribution < -0.4 is 0 Å². The van der Waals surface area contributed by atoms with Crippen LogP contribution in [0.4, 0.5) is 0 Å². The molecular weight excluding hydrogens is 652 g/mol. The van der Waals surface area contributed by atoms with E-state index in [-0.39, 0.29) is 22.6 Å². The average molecular weight is 688 g/mol. The van der Waals surface area contributed by atoms with Gasteiger partial charge in [-0.15, -0.1) is 0 Å². The summed E-state index contributed by atoms with van der Waals surface area (Å²) < 4.78 is 7.82. The fraction of sp³-hybridized carbons (Fsp3) is 0.394. The number of cyclic esters (lactones) is 1. The summed E-state index contributed by atoms with van der Waals surface area (Å²) in [7, 11) is 0. The van der Waals surface area contributed by atoms with Crippen LogP contribution in [0.15, 0.2) is 39.3 Å². The minimum atomic E-state index is -1.72. The number of rotatable bonds is 11. The van der Waals surface area contributed by atoms with Gasteiger partial charge in [0.15, 0.2) is 5.60 Å². The molecule has 1 heterocycles. The number of halogens is 2. The Balaban J connectivity index is 2.19. The van der Waals surface area contributed by atoms with Crippen LogP contribution in [0.2, 0.25) is 0 Å². The third-order valence-corrected chi connectivity index (χ3v) is 9.21. The van der Waals surface area contributed by atoms with Crippen molar-refractivity contribution in [1.29, 1.82) is 0 Å². The number of carboxylic acid groups (broad SMARTS) is 1. The summed E-state index contributed by atoms with van der Waals surface area (Å²) in [5, 5.41) is 33.6. The van der Waals surface area contributed by atoms with Gasteiger partial charge >= 0.3 is 11.9 Å². The van der Waals surface area contributed by atoms with Gasteiger partial charge in [0.25, 0.3) is 0 Å². The Morgan fingerprint density at radius 2 is 1.17 bits per heavy atom. The van der Waals surface area contributed by atoms with E-state index < -0.39 is 17.5 Å². The van der Waals surface area contributed by atoms with Crippen molar-refractivity contribution in [2.24, 2.45) is 0 Å². The SMILES string of the molecule is CCCc1c(Br)cc(C2(c3cc(Br)c(CCC)c(CCC)c3O)OC(=O)c3cc(C(=O)O)ccc32)c(O)c1CCC. The van der Waals surface area contributed by atoms with Crippen molar-refractivity contribution in [2.45, 2.75) is 84.7 Å². The maximum atomic E-state index is 13.6. The number of hydrogen-bond donors (Lipinski definition) is 3. The van der Waals surface area contributed by atoms with Gasteiger partial charge in [-0.1, -0.05) is 91.3 Å². The molecule has 8 heteroatoms. The predicted octanol–water partition coefficient (Wildman–Crippen LogP) is 8.59. The molecule has 3 N–H and O–H groups in total. The molecule has 0 spiro atoms. The second-order valence-electron chi connectivity index (χ2n) is 10.6. The van der Waals surface area contributed by atoms with Gasteiger partial charge in [-0.3, -0.25) is 0 Å². The number of esters is 1. The Morgan fingerprint density at radius 1 is 0.732 bits per heavy atom. The zero-order chi connectivity index (χ0) is 30.1. The van der Waals surface area contributed by atoms with Crippen LogP contribution in [0, 0.1) is 0 Å². The molecule has 4 rings (SSSR count). The maximum Gasteiger partial charge on any atom is 0.340 e. The second kappa shape index (κ2) is 12.6. The highest BCUT2D eigenvalue weighted by Gasteiger charge is 2.53. The molecule has 41 heavy (non-hydrogen) atoms. The molecule has 0 radical (unpaired) electrons. The molecule has 3 aromatic carbocycles. The molecule has 0 saturated carbocycles. The number of fused-ring (bicyclic) bond motifs is 1. The molecule has 0 aliphatic carbocycles. The monoisotopic (exact) mass is 686 g/mol. The molecule has 0 bridgehead atoms. The lowest BCUT2D eigenvalue weighted by Crippen LogP contribution is -2.31. The molecule has 0 saturated heterocycles. The smallest absolute Gasteiger partial charge is 0.340 e. The van der Waals surface area contributed by atoms with Crippen molar-refractivity contribution >= 4 is 43.8 Å². The molecule has 0 aromatic heterocycles. The van der Waals surface area contributed by atoms with Gasteiger partial charge in [0.1, 0.15) is 11.5 Å². The molecule has 0 fully saturated rings. The standard InChI is InChI=1S/C33H36Br2O6/c1-5-9-19-21(11-7-3)29(36)25(16-27(19)34)33(24-14-13-18(31(38)39)15-23(24)32(40)41-33)26-17-28(35)20(10-6-2)22(12-8-4)30(26)37/h13-17,36-37H,5-12H2,1-4H3,(H,38,39). The number of carbonyl (C=O) groups excluding carboxylic acids is 1. The Bertz CT molecular complexity index is 1440. The van der Waals surface area contributed by atoms with Gasteiger partial charge < -0.3 is 20.1 Å². The summed E-state index contributed by atoms with van der Waals surface area (Å²) in [6.07, 6.45) is 6.03. The van der Waals surface area contributed by atoms with E-state index in [1.54, 1.807) is 18.2 Å². The molecule has 0 amide bonds. The highest BCUT2D eigenvalue weighted by Crippen LogP contribution is 2.55. The van der Waals surface area contributed by atoms with Gasteiger partial charge in [0.05, 0.1) is 11.1 Å². The number of phenols is 2. The van der Waals surface area contributed by atoms with Crippen LogP contribution in [0.1, 0.15) is 113 Å². The molecule has 1 aliphatic heterocycles. The van der Waals surface area contributed by atoms with Crippen LogP contribution in [-0.2, 0) is 36.0 Å². The Hall–Kier alpha value is -2.84. The number of aromatic carboxylic acids is 1. The van der Waals surface area contributed by atoms with Crippen LogP contribution in [0.25, 0.3) is 0 Å². The minimum Gasteiger partial charge on any atom is -0.507 e. The van der Waals surface area contributed by atoms with E-state index in [0.717, 1.165) is 69.7 Å². The first-order chi connectivity index (χ1) is 19.6. The molecule has 0 unspecified atom stereocenters. The van der Waals surface area contributed by atoms with E-state index in [1.165, 1.54) is 12.1 Å². The lowest BCUT2D eigenvalue weighted by molar-refractivity contribution is 0.0238. The molecule has 218 valence electrons. The van der Waals surface area contributed by atoms with Gasteiger partial charge in [-0.2, -0.15) is 0 Å². The lowest BCUT2D eigenvalue weighted by atomic mass is 9.76. The largest absolute Gasteiger partial charge is 0.507 e. The van der Waals surface area contributed by atoms with E-state index in [1.807, 2.05) is 13.8 Å². The van der Waals surface area contributed by atoms with Crippen LogP contribution in [-0.4, -0.2) is 27.3 Å². The number of carboxylic acids is 1. The number of benzene rings is 3. The van der Waals surface area contributed by atoms with E-state index in [9.17, 15) is 24.9 Å². The van der Waals surface area contributed by atoms with Crippen molar-refractivity contribution in [2.75, 3.05) is 0 Å². The molecule has 0 atom stereocenters. The van der Waals surface area contributed by atoms with E-state index in [0.29, 0.717) is 29.5 Å². The fourth-order valence-electron chi connectivity index (χ4n) is 6.03. The number of phenolic OH excluding ortho intramolecular Hbond substituents is 2. The zero-order valence-electron chi connectivity index (χ0n) is 23.9. The summed E-state index contributed by atoms with van der Waals surface area (Å²) in [5.74, 6) is -1.88. The van der Waals surface area contributed by atoms with Gasteiger partial charge in [-0.05, 0) is 72.2 Å². The van der Waals surface area contributed by atoms with Crippen molar-refractivity contribution < 1.29 is 29.6 Å². The Labute approximate surface area is 258 Å². The maximum absolute atomic E-state index is 13.6. The van der Waals surface area contributed by atoms with Crippen LogP contribution in [0.3, 0.4) is 0 Å². The summed E-state index contributed by atoms with van der Waals surface area (Å²) in [5.41, 5.74) is 2.82. The lowest BCUT2D eigenvalue weighted by Gasteiger charge is -2.34. The number of carbonyl (C=O) groups is 2. The quantitative estimate of drug-likeness (QED) is 0.175. The van der Waals surface area contributed by atoms with Gasteiger partial charge in [0, 0.05) is 25.6 Å². The fourth-order valence-corrected chi connectivity index (χ4v) is 7.36. The first kappa shape index (κ1) is 31.1. The summed E-state index contributed by atoms with van der Waals surface area (Å²) in [6, 6.07) is 7.84. The molecule has 6 nitrogen and oxygen atoms in total. The number of ether oxygens (including phenoxy) is 1. The normalized spacial score (nSPS) is 13.8. The van der Waals surface area contributed by atoms with Crippen LogP contribution in [0.5, 0.6) is 11.5 Å². The van der Waals surface area contributed by atoms with Gasteiger partial charge in [-0.25, -0.2) is 9.59 Å². The molecule has 3 aromatic rings. The van der Waals surface area contributed by atoms with Crippen molar-refractivity contribution in [3.63, 3.8) is 0 Å². The Morgan fingerprint density at radius 3 is 1.59 bits per heavy atom. The van der Waals surface area contributed by atoms with Gasteiger partial charge in [0.2, 0.25) is 0 Å². The van der Waals surface area contributed by atoms with Crippen LogP contribution >= 0.6 is 31.9 Å². The van der Waals surface area contributed by atoms with E-state index in [4.69, 9.17) is 4.74 Å².